The summed E-state index contributed by atoms with van der Waals surface area (Å²) in [6, 6.07) is 12.1. The van der Waals surface area contributed by atoms with Crippen molar-refractivity contribution in [2.75, 3.05) is 39.2 Å². The fraction of sp³-hybridized carbons (Fsp3) is 0.480. The first-order valence-electron chi connectivity index (χ1n) is 11.3. The highest BCUT2D eigenvalue weighted by atomic mass is 19.1. The highest BCUT2D eigenvalue weighted by molar-refractivity contribution is 5.89. The van der Waals surface area contributed by atoms with Gasteiger partial charge in [-0.2, -0.15) is 0 Å². The number of anilines is 1. The number of benzene rings is 2. The van der Waals surface area contributed by atoms with E-state index in [1.54, 1.807) is 37.3 Å². The molecule has 0 aliphatic carbocycles. The number of hydrogen-bond donors (Lipinski definition) is 1. The van der Waals surface area contributed by atoms with Crippen molar-refractivity contribution in [2.24, 2.45) is 0 Å². The zero-order valence-corrected chi connectivity index (χ0v) is 19.3. The summed E-state index contributed by atoms with van der Waals surface area (Å²) in [6.45, 7) is 5.27. The van der Waals surface area contributed by atoms with Crippen molar-refractivity contribution in [1.82, 2.24) is 9.80 Å². The Morgan fingerprint density at radius 2 is 1.94 bits per heavy atom. The van der Waals surface area contributed by atoms with Gasteiger partial charge in [-0.3, -0.25) is 0 Å². The van der Waals surface area contributed by atoms with E-state index in [0.717, 1.165) is 25.1 Å². The number of halogens is 1. The fourth-order valence-corrected chi connectivity index (χ4v) is 4.16. The van der Waals surface area contributed by atoms with Crippen molar-refractivity contribution in [3.63, 3.8) is 0 Å². The van der Waals surface area contributed by atoms with Crippen LogP contribution in [0.15, 0.2) is 42.5 Å². The molecule has 32 heavy (non-hydrogen) atoms. The molecule has 2 aromatic rings. The van der Waals surface area contributed by atoms with E-state index in [9.17, 15) is 9.18 Å². The van der Waals surface area contributed by atoms with Crippen LogP contribution >= 0.6 is 0 Å². The molecule has 6 nitrogen and oxygen atoms in total. The van der Waals surface area contributed by atoms with Crippen LogP contribution < -0.4 is 14.8 Å². The molecule has 0 radical (unpaired) electrons. The predicted octanol–water partition coefficient (Wildman–Crippen LogP) is 5.14. The highest BCUT2D eigenvalue weighted by Crippen LogP contribution is 2.28. The molecule has 2 aromatic carbocycles. The summed E-state index contributed by atoms with van der Waals surface area (Å²) >= 11 is 0. The lowest BCUT2D eigenvalue weighted by atomic mass is 10.0. The maximum Gasteiger partial charge on any atom is 0.322 e. The Labute approximate surface area is 190 Å². The minimum atomic E-state index is -0.450. The van der Waals surface area contributed by atoms with Crippen LogP contribution in [0.4, 0.5) is 14.9 Å². The van der Waals surface area contributed by atoms with Gasteiger partial charge >= 0.3 is 6.03 Å². The van der Waals surface area contributed by atoms with E-state index >= 15 is 0 Å². The Bertz CT molecular complexity index is 892. The van der Waals surface area contributed by atoms with Gasteiger partial charge in [0, 0.05) is 25.7 Å². The lowest BCUT2D eigenvalue weighted by molar-refractivity contribution is 0.150. The van der Waals surface area contributed by atoms with Gasteiger partial charge < -0.3 is 24.6 Å². The molecule has 3 rings (SSSR count). The number of carbonyl (C=O) groups excluding carboxylic acids is 1. The summed E-state index contributed by atoms with van der Waals surface area (Å²) in [5, 5.41) is 2.72. The number of ether oxygens (including phenoxy) is 2. The summed E-state index contributed by atoms with van der Waals surface area (Å²) in [4.78, 5) is 17.3. The van der Waals surface area contributed by atoms with Crippen LogP contribution in [-0.2, 0) is 6.54 Å². The Balaban J connectivity index is 1.71. The maximum absolute atomic E-state index is 14.1. The van der Waals surface area contributed by atoms with E-state index < -0.39 is 5.82 Å². The zero-order valence-electron chi connectivity index (χ0n) is 19.3. The summed E-state index contributed by atoms with van der Waals surface area (Å²) in [5.74, 6) is 0.799. The largest absolute Gasteiger partial charge is 0.493 e. The van der Waals surface area contributed by atoms with Crippen LogP contribution in [-0.4, -0.2) is 55.7 Å². The Morgan fingerprint density at radius 1 is 1.16 bits per heavy atom. The number of amides is 2. The van der Waals surface area contributed by atoms with Crippen LogP contribution in [0.25, 0.3) is 0 Å². The fourth-order valence-electron chi connectivity index (χ4n) is 4.16. The second-order valence-electron chi connectivity index (χ2n) is 8.26. The van der Waals surface area contributed by atoms with Crippen molar-refractivity contribution in [3.8, 4) is 11.5 Å². The molecule has 1 N–H and O–H groups in total. The minimum absolute atomic E-state index is 0.180. The second-order valence-corrected chi connectivity index (χ2v) is 8.26. The molecule has 0 spiro atoms. The molecule has 1 heterocycles. The van der Waals surface area contributed by atoms with Crippen molar-refractivity contribution < 1.29 is 18.7 Å². The Kier molecular flexibility index (Phi) is 8.73. The van der Waals surface area contributed by atoms with Crippen LogP contribution in [0.3, 0.4) is 0 Å². The summed E-state index contributed by atoms with van der Waals surface area (Å²) in [7, 11) is 3.18. The SMILES string of the molecule is COc1ccc(CN(CCCN2CCCCC2C)C(=O)Nc2ccccc2F)cc1OC. The quantitative estimate of drug-likeness (QED) is 0.583. The van der Waals surface area contributed by atoms with Gasteiger partial charge in [0.25, 0.3) is 0 Å². The highest BCUT2D eigenvalue weighted by Gasteiger charge is 2.20. The summed E-state index contributed by atoms with van der Waals surface area (Å²) in [6.07, 6.45) is 4.59. The number of carbonyl (C=O) groups is 1. The van der Waals surface area contributed by atoms with Crippen molar-refractivity contribution in [1.29, 1.82) is 0 Å². The number of likely N-dealkylation sites (tertiary alicyclic amines) is 1. The van der Waals surface area contributed by atoms with Crippen molar-refractivity contribution in [3.05, 3.63) is 53.8 Å². The van der Waals surface area contributed by atoms with E-state index in [0.29, 0.717) is 30.6 Å². The van der Waals surface area contributed by atoms with E-state index in [2.05, 4.69) is 17.1 Å². The third kappa shape index (κ3) is 6.36. The first-order chi connectivity index (χ1) is 15.5. The minimum Gasteiger partial charge on any atom is -0.493 e. The molecule has 0 saturated carbocycles. The number of piperidine rings is 1. The van der Waals surface area contributed by atoms with Gasteiger partial charge in [-0.1, -0.05) is 24.6 Å². The van der Waals surface area contributed by atoms with Crippen LogP contribution in [0.5, 0.6) is 11.5 Å². The molecule has 0 aromatic heterocycles. The van der Waals surface area contributed by atoms with Crippen LogP contribution in [0.2, 0.25) is 0 Å². The molecular formula is C25H34FN3O3. The van der Waals surface area contributed by atoms with Gasteiger partial charge in [-0.05, 0) is 62.6 Å². The van der Waals surface area contributed by atoms with E-state index in [4.69, 9.17) is 9.47 Å². The van der Waals surface area contributed by atoms with Crippen molar-refractivity contribution in [2.45, 2.75) is 45.2 Å². The lowest BCUT2D eigenvalue weighted by Gasteiger charge is -2.34. The number of methoxy groups -OCH3 is 2. The maximum atomic E-state index is 14.1. The molecule has 1 saturated heterocycles. The summed E-state index contributed by atoms with van der Waals surface area (Å²) in [5.41, 5.74) is 1.09. The van der Waals surface area contributed by atoms with E-state index in [1.165, 1.54) is 25.3 Å². The van der Waals surface area contributed by atoms with Gasteiger partial charge in [-0.25, -0.2) is 9.18 Å². The number of nitrogens with zero attached hydrogens (tertiary/aromatic N) is 2. The van der Waals surface area contributed by atoms with Crippen LogP contribution in [0, 0.1) is 5.82 Å². The number of nitrogens with one attached hydrogen (secondary N) is 1. The molecule has 1 aliphatic rings. The normalized spacial score (nSPS) is 16.4. The average Bonchev–Trinajstić information content (AvgIpc) is 2.81. The topological polar surface area (TPSA) is 54.0 Å². The smallest absolute Gasteiger partial charge is 0.322 e. The first-order valence-corrected chi connectivity index (χ1v) is 11.3. The molecule has 1 aliphatic heterocycles. The molecule has 0 bridgehead atoms. The number of rotatable bonds is 9. The molecule has 7 heteroatoms. The number of urea groups is 1. The third-order valence-corrected chi connectivity index (χ3v) is 6.04. The van der Waals surface area contributed by atoms with Crippen LogP contribution in [0.1, 0.15) is 38.2 Å². The molecule has 2 amide bonds. The summed E-state index contributed by atoms with van der Waals surface area (Å²) < 4.78 is 24.8. The zero-order chi connectivity index (χ0) is 22.9. The lowest BCUT2D eigenvalue weighted by Crippen LogP contribution is -2.40. The van der Waals surface area contributed by atoms with Gasteiger partial charge in [-0.15, -0.1) is 0 Å². The van der Waals surface area contributed by atoms with E-state index in [1.807, 2.05) is 18.2 Å². The van der Waals surface area contributed by atoms with Crippen molar-refractivity contribution >= 4 is 11.7 Å². The number of para-hydroxylation sites is 1. The second kappa shape index (κ2) is 11.7. The Morgan fingerprint density at radius 3 is 2.66 bits per heavy atom. The third-order valence-electron chi connectivity index (χ3n) is 6.04. The average molecular weight is 444 g/mol. The van der Waals surface area contributed by atoms with E-state index in [-0.39, 0.29) is 11.7 Å². The standard InChI is InChI=1S/C25H34FN3O3/c1-19-9-6-7-14-28(19)15-8-16-29(25(30)27-22-11-5-4-10-21(22)26)18-20-12-13-23(31-2)24(17-20)32-3/h4-5,10-13,17,19H,6-9,14-16,18H2,1-3H3,(H,27,30). The number of hydrogen-bond acceptors (Lipinski definition) is 4. The molecule has 1 unspecified atom stereocenters. The Hall–Kier alpha value is -2.80. The molecule has 1 fully saturated rings. The predicted molar refractivity (Wildman–Crippen MR) is 125 cm³/mol. The monoisotopic (exact) mass is 443 g/mol. The first kappa shape index (κ1) is 23.9. The van der Waals surface area contributed by atoms with Gasteiger partial charge in [0.05, 0.1) is 19.9 Å². The van der Waals surface area contributed by atoms with Gasteiger partial charge in [0.15, 0.2) is 11.5 Å². The molecular weight excluding hydrogens is 409 g/mol. The molecule has 1 atom stereocenters. The molecule has 174 valence electrons. The van der Waals surface area contributed by atoms with Gasteiger partial charge in [0.1, 0.15) is 5.82 Å². The van der Waals surface area contributed by atoms with Gasteiger partial charge in [0.2, 0.25) is 0 Å².